The van der Waals surface area contributed by atoms with Crippen molar-refractivity contribution in [3.8, 4) is 5.88 Å². The van der Waals surface area contributed by atoms with E-state index in [1.54, 1.807) is 42.5 Å². The molecule has 47 heavy (non-hydrogen) atoms. The minimum Gasteiger partial charge on any atom is -0.391 e. The van der Waals surface area contributed by atoms with E-state index in [-0.39, 0.29) is 24.0 Å². The number of para-hydroxylation sites is 1. The smallest absolute Gasteiger partial charge is 0.391 e. The first-order valence-electron chi connectivity index (χ1n) is 15.1. The summed E-state index contributed by atoms with van der Waals surface area (Å²) in [6.07, 6.45) is -2.55. The summed E-state index contributed by atoms with van der Waals surface area (Å²) in [5.41, 5.74) is 6.69. The number of rotatable bonds is 13. The maximum absolute atomic E-state index is 13.2. The lowest BCUT2D eigenvalue weighted by Gasteiger charge is -2.26. The topological polar surface area (TPSA) is 173 Å². The number of carbonyl (C=O) groups is 4. The molecule has 246 valence electrons. The standard InChI is InChI=1S/C35H39N5O6S/c1-35(2,3)40-33(44)25-15-9-7-12-23(25)19-29(41)28(21-47-24-13-5-4-6-14-24)37-30(42)20-27(32(36)43)39-34(45)46-31-18-17-22-11-8-10-16-26(22)38-31/h4-18,27-29,41H,19-21H2,1-3H3,(H2,36,43)(H,37,42)(H,39,45)(H,40,44). The highest BCUT2D eigenvalue weighted by Gasteiger charge is 2.28. The summed E-state index contributed by atoms with van der Waals surface area (Å²) in [7, 11) is 0. The number of hydrogen-bond acceptors (Lipinski definition) is 8. The average molecular weight is 658 g/mol. The van der Waals surface area contributed by atoms with Gasteiger partial charge in [-0.3, -0.25) is 14.4 Å². The number of nitrogens with two attached hydrogens (primary N) is 1. The Hall–Kier alpha value is -4.94. The van der Waals surface area contributed by atoms with Crippen molar-refractivity contribution in [3.63, 3.8) is 0 Å². The predicted molar refractivity (Wildman–Crippen MR) is 181 cm³/mol. The van der Waals surface area contributed by atoms with Crippen LogP contribution >= 0.6 is 11.8 Å². The number of benzene rings is 3. The average Bonchev–Trinajstić information content (AvgIpc) is 3.02. The van der Waals surface area contributed by atoms with Crippen LogP contribution in [-0.4, -0.2) is 63.4 Å². The molecule has 0 bridgehead atoms. The zero-order valence-electron chi connectivity index (χ0n) is 26.4. The molecule has 0 saturated heterocycles. The second-order valence-corrected chi connectivity index (χ2v) is 13.1. The van der Waals surface area contributed by atoms with Crippen LogP contribution in [-0.2, 0) is 16.0 Å². The predicted octanol–water partition coefficient (Wildman–Crippen LogP) is 3.98. The van der Waals surface area contributed by atoms with Gasteiger partial charge >= 0.3 is 6.09 Å². The molecule has 4 rings (SSSR count). The highest BCUT2D eigenvalue weighted by atomic mass is 32.2. The molecule has 4 amide bonds. The largest absolute Gasteiger partial charge is 0.414 e. The number of nitrogens with one attached hydrogen (secondary N) is 3. The van der Waals surface area contributed by atoms with Gasteiger partial charge in [0.1, 0.15) is 6.04 Å². The van der Waals surface area contributed by atoms with Gasteiger partial charge in [-0.25, -0.2) is 9.78 Å². The summed E-state index contributed by atoms with van der Waals surface area (Å²) in [4.78, 5) is 56.3. The van der Waals surface area contributed by atoms with Gasteiger partial charge in [-0.05, 0) is 56.7 Å². The number of primary amides is 1. The summed E-state index contributed by atoms with van der Waals surface area (Å²) >= 11 is 1.42. The van der Waals surface area contributed by atoms with E-state index in [1.807, 2.05) is 63.2 Å². The Morgan fingerprint density at radius 2 is 1.57 bits per heavy atom. The lowest BCUT2D eigenvalue weighted by molar-refractivity contribution is -0.127. The summed E-state index contributed by atoms with van der Waals surface area (Å²) in [5.74, 6) is -1.57. The van der Waals surface area contributed by atoms with E-state index in [2.05, 4.69) is 20.9 Å². The molecule has 0 aliphatic rings. The van der Waals surface area contributed by atoms with Gasteiger partial charge < -0.3 is 31.5 Å². The Balaban J connectivity index is 1.44. The number of ether oxygens (including phenoxy) is 1. The zero-order valence-corrected chi connectivity index (χ0v) is 27.3. The molecule has 0 aliphatic heterocycles. The third-order valence-electron chi connectivity index (χ3n) is 6.96. The summed E-state index contributed by atoms with van der Waals surface area (Å²) in [6.45, 7) is 5.63. The van der Waals surface area contributed by atoms with Crippen molar-refractivity contribution in [2.24, 2.45) is 5.73 Å². The summed E-state index contributed by atoms with van der Waals surface area (Å²) in [6, 6.07) is 24.7. The van der Waals surface area contributed by atoms with Crippen molar-refractivity contribution >= 4 is 46.5 Å². The number of aliphatic hydroxyl groups is 1. The number of thioether (sulfide) groups is 1. The molecule has 0 spiro atoms. The molecule has 4 aromatic rings. The summed E-state index contributed by atoms with van der Waals surface area (Å²) < 4.78 is 5.24. The molecule has 11 nitrogen and oxygen atoms in total. The van der Waals surface area contributed by atoms with E-state index in [0.29, 0.717) is 16.6 Å². The molecular weight excluding hydrogens is 618 g/mol. The monoisotopic (exact) mass is 657 g/mol. The van der Waals surface area contributed by atoms with Crippen molar-refractivity contribution in [1.29, 1.82) is 0 Å². The molecule has 1 aromatic heterocycles. The van der Waals surface area contributed by atoms with Crippen molar-refractivity contribution in [1.82, 2.24) is 20.9 Å². The molecule has 3 unspecified atom stereocenters. The Morgan fingerprint density at radius 3 is 2.30 bits per heavy atom. The normalized spacial score (nSPS) is 13.2. The summed E-state index contributed by atoms with van der Waals surface area (Å²) in [5, 5.41) is 20.3. The molecule has 0 radical (unpaired) electrons. The van der Waals surface area contributed by atoms with Gasteiger partial charge in [-0.1, -0.05) is 54.6 Å². The first kappa shape index (κ1) is 34.9. The van der Waals surface area contributed by atoms with Crippen LogP contribution in [0, 0.1) is 0 Å². The number of fused-ring (bicyclic) bond motifs is 1. The lowest BCUT2D eigenvalue weighted by atomic mass is 9.97. The third kappa shape index (κ3) is 10.8. The zero-order chi connectivity index (χ0) is 34.0. The molecule has 0 aliphatic carbocycles. The van der Waals surface area contributed by atoms with Gasteiger partial charge in [-0.15, -0.1) is 11.8 Å². The highest BCUT2D eigenvalue weighted by molar-refractivity contribution is 7.99. The van der Waals surface area contributed by atoms with E-state index in [9.17, 15) is 24.3 Å². The molecule has 3 aromatic carbocycles. The number of amides is 4. The number of aromatic nitrogens is 1. The lowest BCUT2D eigenvalue weighted by Crippen LogP contribution is -2.51. The maximum atomic E-state index is 13.2. The van der Waals surface area contributed by atoms with Crippen LogP contribution in [0.5, 0.6) is 5.88 Å². The first-order chi connectivity index (χ1) is 22.4. The third-order valence-corrected chi connectivity index (χ3v) is 8.09. The molecule has 3 atom stereocenters. The number of pyridine rings is 1. The molecule has 6 N–H and O–H groups in total. The minimum absolute atomic E-state index is 0.00598. The van der Waals surface area contributed by atoms with Gasteiger partial charge in [0, 0.05) is 39.6 Å². The van der Waals surface area contributed by atoms with Crippen molar-refractivity contribution in [2.75, 3.05) is 5.75 Å². The second kappa shape index (κ2) is 16.1. The number of hydrogen-bond donors (Lipinski definition) is 5. The van der Waals surface area contributed by atoms with Gasteiger partial charge in [-0.2, -0.15) is 0 Å². The molecular formula is C35H39N5O6S. The van der Waals surface area contributed by atoms with Gasteiger partial charge in [0.05, 0.1) is 24.1 Å². The van der Waals surface area contributed by atoms with Crippen molar-refractivity contribution in [3.05, 3.63) is 102 Å². The highest BCUT2D eigenvalue weighted by Crippen LogP contribution is 2.22. The van der Waals surface area contributed by atoms with Gasteiger partial charge in [0.15, 0.2) is 0 Å². The van der Waals surface area contributed by atoms with E-state index in [4.69, 9.17) is 10.5 Å². The number of carbonyl (C=O) groups excluding carboxylic acids is 4. The Kier molecular flexibility index (Phi) is 11.9. The van der Waals surface area contributed by atoms with E-state index in [1.165, 1.54) is 17.8 Å². The van der Waals surface area contributed by atoms with E-state index < -0.39 is 48.1 Å². The molecule has 0 saturated carbocycles. The fourth-order valence-corrected chi connectivity index (χ4v) is 5.72. The van der Waals surface area contributed by atoms with Crippen LogP contribution in [0.25, 0.3) is 10.9 Å². The Bertz CT molecular complexity index is 1710. The van der Waals surface area contributed by atoms with E-state index >= 15 is 0 Å². The van der Waals surface area contributed by atoms with Gasteiger partial charge in [0.25, 0.3) is 5.91 Å². The van der Waals surface area contributed by atoms with Crippen LogP contribution in [0.4, 0.5) is 4.79 Å². The maximum Gasteiger partial charge on any atom is 0.414 e. The fraction of sp³-hybridized carbons (Fsp3) is 0.286. The SMILES string of the molecule is CC(C)(C)NC(=O)c1ccccc1CC(O)C(CSc1ccccc1)NC(=O)CC(NC(=O)Oc1ccc2ccccc2n1)C(N)=O. The van der Waals surface area contributed by atoms with E-state index in [0.717, 1.165) is 10.3 Å². The Labute approximate surface area is 277 Å². The number of nitrogens with zero attached hydrogens (tertiary/aromatic N) is 1. The molecule has 12 heteroatoms. The number of aliphatic hydroxyl groups excluding tert-OH is 1. The van der Waals surface area contributed by atoms with Crippen LogP contribution in [0.3, 0.4) is 0 Å². The van der Waals surface area contributed by atoms with Crippen LogP contribution in [0.15, 0.2) is 95.9 Å². The van der Waals surface area contributed by atoms with Crippen LogP contribution in [0.1, 0.15) is 43.1 Å². The minimum atomic E-state index is -1.40. The van der Waals surface area contributed by atoms with Gasteiger partial charge in [0.2, 0.25) is 17.7 Å². The quantitative estimate of drug-likeness (QED) is 0.134. The van der Waals surface area contributed by atoms with Crippen molar-refractivity contribution in [2.45, 2.75) is 62.2 Å². The fourth-order valence-electron chi connectivity index (χ4n) is 4.69. The van der Waals surface area contributed by atoms with Crippen molar-refractivity contribution < 1.29 is 29.0 Å². The Morgan fingerprint density at radius 1 is 0.894 bits per heavy atom. The second-order valence-electron chi connectivity index (χ2n) is 12.0. The molecule has 0 fully saturated rings. The first-order valence-corrected chi connectivity index (χ1v) is 16.1. The molecule has 1 heterocycles. The van der Waals surface area contributed by atoms with Crippen LogP contribution < -0.4 is 26.4 Å². The van der Waals surface area contributed by atoms with Crippen LogP contribution in [0.2, 0.25) is 0 Å².